The van der Waals surface area contributed by atoms with Crippen molar-refractivity contribution in [1.82, 2.24) is 9.88 Å². The van der Waals surface area contributed by atoms with Crippen LogP contribution in [0.15, 0.2) is 54.7 Å². The minimum Gasteiger partial charge on any atom is -0.497 e. The molecule has 118 valence electrons. The number of H-pyrrole nitrogens is 1. The molecule has 0 saturated carbocycles. The van der Waals surface area contributed by atoms with Gasteiger partial charge in [0, 0.05) is 36.3 Å². The first-order chi connectivity index (χ1) is 11.2. The number of benzene rings is 2. The van der Waals surface area contributed by atoms with E-state index >= 15 is 0 Å². The molecule has 0 aliphatic carbocycles. The third-order valence-corrected chi connectivity index (χ3v) is 4.08. The Labute approximate surface area is 135 Å². The summed E-state index contributed by atoms with van der Waals surface area (Å²) in [6.45, 7) is 0.673. The second-order valence-corrected chi connectivity index (χ2v) is 5.56. The van der Waals surface area contributed by atoms with Crippen LogP contribution < -0.4 is 4.74 Å². The molecule has 0 bridgehead atoms. The smallest absolute Gasteiger partial charge is 0.253 e. The predicted octanol–water partition coefficient (Wildman–Crippen LogP) is 3.49. The largest absolute Gasteiger partial charge is 0.497 e. The molecule has 3 aromatic rings. The predicted molar refractivity (Wildman–Crippen MR) is 92.0 cm³/mol. The summed E-state index contributed by atoms with van der Waals surface area (Å²) < 4.78 is 5.12. The lowest BCUT2D eigenvalue weighted by Gasteiger charge is -2.17. The third kappa shape index (κ3) is 3.21. The SMILES string of the molecule is COc1ccc(C(=O)N(C)CCc2c[nH]c3ccccc23)cc1. The number of nitrogens with one attached hydrogen (secondary N) is 1. The van der Waals surface area contributed by atoms with Gasteiger partial charge >= 0.3 is 0 Å². The zero-order valence-corrected chi connectivity index (χ0v) is 13.4. The summed E-state index contributed by atoms with van der Waals surface area (Å²) in [7, 11) is 3.45. The number of hydrogen-bond acceptors (Lipinski definition) is 2. The second-order valence-electron chi connectivity index (χ2n) is 5.56. The number of para-hydroxylation sites is 1. The van der Waals surface area contributed by atoms with Crippen molar-refractivity contribution in [2.24, 2.45) is 0 Å². The zero-order valence-electron chi connectivity index (χ0n) is 13.4. The number of fused-ring (bicyclic) bond motifs is 1. The number of methoxy groups -OCH3 is 1. The van der Waals surface area contributed by atoms with Gasteiger partial charge in [0.2, 0.25) is 0 Å². The highest BCUT2D eigenvalue weighted by Crippen LogP contribution is 2.18. The summed E-state index contributed by atoms with van der Waals surface area (Å²) >= 11 is 0. The van der Waals surface area contributed by atoms with Crippen LogP contribution in [-0.4, -0.2) is 36.5 Å². The fraction of sp³-hybridized carbons (Fsp3) is 0.211. The van der Waals surface area contributed by atoms with E-state index in [-0.39, 0.29) is 5.91 Å². The lowest BCUT2D eigenvalue weighted by atomic mass is 10.1. The topological polar surface area (TPSA) is 45.3 Å². The van der Waals surface area contributed by atoms with Crippen molar-refractivity contribution in [3.8, 4) is 5.75 Å². The number of aromatic nitrogens is 1. The third-order valence-electron chi connectivity index (χ3n) is 4.08. The molecule has 3 rings (SSSR count). The van der Waals surface area contributed by atoms with Crippen LogP contribution in [0.5, 0.6) is 5.75 Å². The van der Waals surface area contributed by atoms with Crippen LogP contribution in [0.3, 0.4) is 0 Å². The van der Waals surface area contributed by atoms with Crippen molar-refractivity contribution in [1.29, 1.82) is 0 Å². The molecule has 0 fully saturated rings. The van der Waals surface area contributed by atoms with Crippen LogP contribution in [0.25, 0.3) is 10.9 Å². The average Bonchev–Trinajstić information content (AvgIpc) is 3.02. The van der Waals surface area contributed by atoms with Gasteiger partial charge in [0.1, 0.15) is 5.75 Å². The number of amides is 1. The summed E-state index contributed by atoms with van der Waals surface area (Å²) in [6, 6.07) is 15.4. The monoisotopic (exact) mass is 308 g/mol. The van der Waals surface area contributed by atoms with E-state index in [1.807, 2.05) is 25.4 Å². The molecule has 1 N–H and O–H groups in total. The van der Waals surface area contributed by atoms with Gasteiger partial charge in [0.25, 0.3) is 5.91 Å². The Hall–Kier alpha value is -2.75. The first kappa shape index (κ1) is 15.2. The van der Waals surface area contributed by atoms with E-state index in [2.05, 4.69) is 17.1 Å². The molecular formula is C19H20N2O2. The van der Waals surface area contributed by atoms with E-state index in [0.717, 1.165) is 17.7 Å². The molecule has 0 aliphatic heterocycles. The molecule has 1 heterocycles. The number of likely N-dealkylation sites (N-methyl/N-ethyl adjacent to an activating group) is 1. The zero-order chi connectivity index (χ0) is 16.2. The average molecular weight is 308 g/mol. The van der Waals surface area contributed by atoms with E-state index in [1.165, 1.54) is 10.9 Å². The number of aromatic amines is 1. The summed E-state index contributed by atoms with van der Waals surface area (Å²) in [5.41, 5.74) is 3.04. The molecule has 0 unspecified atom stereocenters. The lowest BCUT2D eigenvalue weighted by Crippen LogP contribution is -2.28. The van der Waals surface area contributed by atoms with Gasteiger partial charge in [-0.2, -0.15) is 0 Å². The Morgan fingerprint density at radius 2 is 1.87 bits per heavy atom. The van der Waals surface area contributed by atoms with Gasteiger partial charge in [-0.25, -0.2) is 0 Å². The van der Waals surface area contributed by atoms with Gasteiger partial charge in [0.05, 0.1) is 7.11 Å². The Morgan fingerprint density at radius 3 is 2.61 bits per heavy atom. The summed E-state index contributed by atoms with van der Waals surface area (Å²) in [5.74, 6) is 0.774. The van der Waals surface area contributed by atoms with Gasteiger partial charge in [-0.05, 0) is 42.3 Å². The van der Waals surface area contributed by atoms with E-state index in [1.54, 1.807) is 36.3 Å². The van der Waals surface area contributed by atoms with Crippen molar-refractivity contribution < 1.29 is 9.53 Å². The molecule has 0 atom stereocenters. The molecule has 2 aromatic carbocycles. The fourth-order valence-corrected chi connectivity index (χ4v) is 2.68. The standard InChI is InChI=1S/C19H20N2O2/c1-21(19(22)14-7-9-16(23-2)10-8-14)12-11-15-13-20-18-6-4-3-5-17(15)18/h3-10,13,20H,11-12H2,1-2H3. The Balaban J connectivity index is 1.66. The highest BCUT2D eigenvalue weighted by Gasteiger charge is 2.12. The van der Waals surface area contributed by atoms with Crippen molar-refractivity contribution >= 4 is 16.8 Å². The van der Waals surface area contributed by atoms with Crippen LogP contribution in [0.2, 0.25) is 0 Å². The lowest BCUT2D eigenvalue weighted by molar-refractivity contribution is 0.0796. The normalized spacial score (nSPS) is 10.7. The van der Waals surface area contributed by atoms with E-state index in [4.69, 9.17) is 4.74 Å². The van der Waals surface area contributed by atoms with Crippen LogP contribution in [0.4, 0.5) is 0 Å². The maximum absolute atomic E-state index is 12.4. The molecule has 1 aromatic heterocycles. The molecule has 0 radical (unpaired) electrons. The van der Waals surface area contributed by atoms with E-state index < -0.39 is 0 Å². The first-order valence-corrected chi connectivity index (χ1v) is 7.63. The molecule has 0 aliphatic rings. The second kappa shape index (κ2) is 6.57. The maximum Gasteiger partial charge on any atom is 0.253 e. The van der Waals surface area contributed by atoms with Crippen LogP contribution >= 0.6 is 0 Å². The molecule has 0 saturated heterocycles. The first-order valence-electron chi connectivity index (χ1n) is 7.63. The van der Waals surface area contributed by atoms with Crippen molar-refractivity contribution in [2.75, 3.05) is 20.7 Å². The summed E-state index contributed by atoms with van der Waals surface area (Å²) in [6.07, 6.45) is 2.85. The molecule has 0 spiro atoms. The minimum atomic E-state index is 0.0208. The summed E-state index contributed by atoms with van der Waals surface area (Å²) in [5, 5.41) is 1.22. The summed E-state index contributed by atoms with van der Waals surface area (Å²) in [4.78, 5) is 17.5. The van der Waals surface area contributed by atoms with Crippen molar-refractivity contribution in [3.05, 3.63) is 65.9 Å². The Morgan fingerprint density at radius 1 is 1.13 bits per heavy atom. The molecular weight excluding hydrogens is 288 g/mol. The van der Waals surface area contributed by atoms with Gasteiger partial charge in [-0.1, -0.05) is 18.2 Å². The number of hydrogen-bond donors (Lipinski definition) is 1. The quantitative estimate of drug-likeness (QED) is 0.784. The molecule has 23 heavy (non-hydrogen) atoms. The number of carbonyl (C=O) groups is 1. The molecule has 4 nitrogen and oxygen atoms in total. The van der Waals surface area contributed by atoms with Crippen molar-refractivity contribution in [2.45, 2.75) is 6.42 Å². The number of ether oxygens (including phenoxy) is 1. The Kier molecular flexibility index (Phi) is 4.33. The van der Waals surface area contributed by atoms with Gasteiger partial charge < -0.3 is 14.6 Å². The highest BCUT2D eigenvalue weighted by atomic mass is 16.5. The van der Waals surface area contributed by atoms with E-state index in [0.29, 0.717) is 12.1 Å². The molecule has 1 amide bonds. The van der Waals surface area contributed by atoms with Crippen LogP contribution in [0, 0.1) is 0 Å². The van der Waals surface area contributed by atoms with Crippen LogP contribution in [-0.2, 0) is 6.42 Å². The van der Waals surface area contributed by atoms with Crippen LogP contribution in [0.1, 0.15) is 15.9 Å². The highest BCUT2D eigenvalue weighted by molar-refractivity contribution is 5.94. The van der Waals surface area contributed by atoms with Gasteiger partial charge in [0.15, 0.2) is 0 Å². The van der Waals surface area contributed by atoms with E-state index in [9.17, 15) is 4.79 Å². The van der Waals surface area contributed by atoms with Gasteiger partial charge in [-0.3, -0.25) is 4.79 Å². The van der Waals surface area contributed by atoms with Crippen molar-refractivity contribution in [3.63, 3.8) is 0 Å². The number of nitrogens with zero attached hydrogens (tertiary/aromatic N) is 1. The maximum atomic E-state index is 12.4. The number of carbonyl (C=O) groups excluding carboxylic acids is 1. The Bertz CT molecular complexity index is 806. The minimum absolute atomic E-state index is 0.0208. The fourth-order valence-electron chi connectivity index (χ4n) is 2.68. The molecule has 4 heteroatoms. The van der Waals surface area contributed by atoms with Gasteiger partial charge in [-0.15, -0.1) is 0 Å². The number of rotatable bonds is 5.